The van der Waals surface area contributed by atoms with Crippen LogP contribution >= 0.6 is 0 Å². The molecule has 1 heterocycles. The summed E-state index contributed by atoms with van der Waals surface area (Å²) in [5.74, 6) is 0.372. The van der Waals surface area contributed by atoms with E-state index in [-0.39, 0.29) is 5.82 Å². The van der Waals surface area contributed by atoms with Gasteiger partial charge in [0.2, 0.25) is 0 Å². The molecule has 0 unspecified atom stereocenters. The van der Waals surface area contributed by atoms with Crippen LogP contribution in [0.1, 0.15) is 5.56 Å². The summed E-state index contributed by atoms with van der Waals surface area (Å²) in [6, 6.07) is 11.5. The highest BCUT2D eigenvalue weighted by atomic mass is 19.1. The van der Waals surface area contributed by atoms with E-state index in [1.54, 1.807) is 35.4 Å². The summed E-state index contributed by atoms with van der Waals surface area (Å²) in [5, 5.41) is 8.80. The summed E-state index contributed by atoms with van der Waals surface area (Å²) in [6.45, 7) is 0. The van der Waals surface area contributed by atoms with Gasteiger partial charge in [-0.15, -0.1) is 0 Å². The second-order valence-corrected chi connectivity index (χ2v) is 3.55. The SMILES string of the molecule is CN(c1ccc(F)cc1)c1cc(C#N)ccn1. The fourth-order valence-corrected chi connectivity index (χ4v) is 1.47. The summed E-state index contributed by atoms with van der Waals surface area (Å²) < 4.78 is 12.8. The van der Waals surface area contributed by atoms with Crippen LogP contribution < -0.4 is 4.90 Å². The van der Waals surface area contributed by atoms with Gasteiger partial charge in [0, 0.05) is 18.9 Å². The van der Waals surface area contributed by atoms with E-state index in [0.29, 0.717) is 11.4 Å². The number of pyridine rings is 1. The monoisotopic (exact) mass is 227 g/mol. The van der Waals surface area contributed by atoms with Crippen molar-refractivity contribution in [3.8, 4) is 6.07 Å². The Kier molecular flexibility index (Phi) is 3.01. The summed E-state index contributed by atoms with van der Waals surface area (Å²) in [5.41, 5.74) is 1.36. The molecule has 1 aromatic carbocycles. The quantitative estimate of drug-likeness (QED) is 0.792. The summed E-state index contributed by atoms with van der Waals surface area (Å²) in [7, 11) is 1.82. The lowest BCUT2D eigenvalue weighted by molar-refractivity contribution is 0.628. The van der Waals surface area contributed by atoms with E-state index in [4.69, 9.17) is 5.26 Å². The van der Waals surface area contributed by atoms with Crippen molar-refractivity contribution < 1.29 is 4.39 Å². The van der Waals surface area contributed by atoms with Crippen LogP contribution in [0.5, 0.6) is 0 Å². The molecular weight excluding hydrogens is 217 g/mol. The zero-order valence-corrected chi connectivity index (χ0v) is 9.26. The van der Waals surface area contributed by atoms with Gasteiger partial charge in [-0.1, -0.05) is 0 Å². The largest absolute Gasteiger partial charge is 0.329 e. The van der Waals surface area contributed by atoms with Crippen molar-refractivity contribution in [2.75, 3.05) is 11.9 Å². The third-order valence-electron chi connectivity index (χ3n) is 2.43. The van der Waals surface area contributed by atoms with Gasteiger partial charge in [0.15, 0.2) is 0 Å². The van der Waals surface area contributed by atoms with Crippen molar-refractivity contribution in [1.82, 2.24) is 4.98 Å². The first-order valence-electron chi connectivity index (χ1n) is 5.06. The van der Waals surface area contributed by atoms with E-state index in [0.717, 1.165) is 5.69 Å². The van der Waals surface area contributed by atoms with Gasteiger partial charge in [-0.2, -0.15) is 5.26 Å². The molecular formula is C13H10FN3. The van der Waals surface area contributed by atoms with E-state index in [2.05, 4.69) is 11.1 Å². The molecule has 0 fully saturated rings. The molecule has 0 aliphatic carbocycles. The van der Waals surface area contributed by atoms with E-state index in [1.165, 1.54) is 12.1 Å². The standard InChI is InChI=1S/C13H10FN3/c1-17(12-4-2-11(14)3-5-12)13-8-10(9-15)6-7-16-13/h2-8H,1H3. The van der Waals surface area contributed by atoms with Crippen molar-refractivity contribution in [1.29, 1.82) is 5.26 Å². The Morgan fingerprint density at radius 3 is 2.59 bits per heavy atom. The number of hydrogen-bond acceptors (Lipinski definition) is 3. The maximum absolute atomic E-state index is 12.8. The fourth-order valence-electron chi connectivity index (χ4n) is 1.47. The highest BCUT2D eigenvalue weighted by Crippen LogP contribution is 2.21. The lowest BCUT2D eigenvalue weighted by Gasteiger charge is -2.18. The highest BCUT2D eigenvalue weighted by molar-refractivity contribution is 5.60. The van der Waals surface area contributed by atoms with Crippen molar-refractivity contribution in [2.24, 2.45) is 0 Å². The van der Waals surface area contributed by atoms with Crippen molar-refractivity contribution in [3.05, 3.63) is 54.0 Å². The number of aromatic nitrogens is 1. The zero-order chi connectivity index (χ0) is 12.3. The van der Waals surface area contributed by atoms with Crippen LogP contribution in [0.4, 0.5) is 15.9 Å². The average molecular weight is 227 g/mol. The fraction of sp³-hybridized carbons (Fsp3) is 0.0769. The van der Waals surface area contributed by atoms with Crippen molar-refractivity contribution >= 4 is 11.5 Å². The van der Waals surface area contributed by atoms with Gasteiger partial charge >= 0.3 is 0 Å². The second-order valence-electron chi connectivity index (χ2n) is 3.55. The molecule has 1 aromatic heterocycles. The normalized spacial score (nSPS) is 9.71. The Labute approximate surface area is 98.8 Å². The van der Waals surface area contributed by atoms with E-state index < -0.39 is 0 Å². The van der Waals surface area contributed by atoms with Gasteiger partial charge in [-0.3, -0.25) is 0 Å². The van der Waals surface area contributed by atoms with Crippen LogP contribution in [0.2, 0.25) is 0 Å². The maximum Gasteiger partial charge on any atom is 0.133 e. The molecule has 0 aliphatic rings. The zero-order valence-electron chi connectivity index (χ0n) is 9.26. The minimum atomic E-state index is -0.277. The van der Waals surface area contributed by atoms with Crippen LogP contribution in [0.15, 0.2) is 42.6 Å². The average Bonchev–Trinajstić information content (AvgIpc) is 2.39. The number of rotatable bonds is 2. The molecule has 0 radical (unpaired) electrons. The van der Waals surface area contributed by atoms with Crippen LogP contribution in [-0.2, 0) is 0 Å². The predicted molar refractivity (Wildman–Crippen MR) is 63.4 cm³/mol. The third kappa shape index (κ3) is 2.40. The van der Waals surface area contributed by atoms with Crippen molar-refractivity contribution in [2.45, 2.75) is 0 Å². The van der Waals surface area contributed by atoms with Gasteiger partial charge in [0.25, 0.3) is 0 Å². The third-order valence-corrected chi connectivity index (χ3v) is 2.43. The van der Waals surface area contributed by atoms with Gasteiger partial charge < -0.3 is 4.90 Å². The smallest absolute Gasteiger partial charge is 0.133 e. The van der Waals surface area contributed by atoms with E-state index >= 15 is 0 Å². The molecule has 2 aromatic rings. The number of nitriles is 1. The van der Waals surface area contributed by atoms with Crippen LogP contribution in [0, 0.1) is 17.1 Å². The lowest BCUT2D eigenvalue weighted by atomic mass is 10.2. The van der Waals surface area contributed by atoms with Gasteiger partial charge in [0.05, 0.1) is 11.6 Å². The number of halogens is 1. The minimum absolute atomic E-state index is 0.277. The molecule has 2 rings (SSSR count). The lowest BCUT2D eigenvalue weighted by Crippen LogP contribution is -2.11. The Morgan fingerprint density at radius 1 is 1.24 bits per heavy atom. The van der Waals surface area contributed by atoms with Crippen LogP contribution in [0.3, 0.4) is 0 Å². The molecule has 0 spiro atoms. The Bertz CT molecular complexity index is 558. The molecule has 0 amide bonds. The molecule has 0 N–H and O–H groups in total. The number of nitrogens with zero attached hydrogens (tertiary/aromatic N) is 3. The minimum Gasteiger partial charge on any atom is -0.329 e. The number of benzene rings is 1. The first kappa shape index (κ1) is 11.1. The van der Waals surface area contributed by atoms with Gasteiger partial charge in [-0.25, -0.2) is 9.37 Å². The molecule has 3 nitrogen and oxygen atoms in total. The van der Waals surface area contributed by atoms with Crippen LogP contribution in [0.25, 0.3) is 0 Å². The van der Waals surface area contributed by atoms with Crippen molar-refractivity contribution in [3.63, 3.8) is 0 Å². The first-order chi connectivity index (χ1) is 8.20. The molecule has 0 bridgehead atoms. The Balaban J connectivity index is 2.33. The van der Waals surface area contributed by atoms with Gasteiger partial charge in [-0.05, 0) is 36.4 Å². The second kappa shape index (κ2) is 4.62. The van der Waals surface area contributed by atoms with E-state index in [1.807, 2.05) is 7.05 Å². The molecule has 0 saturated heterocycles. The Morgan fingerprint density at radius 2 is 1.94 bits per heavy atom. The molecule has 0 aliphatic heterocycles. The Hall–Kier alpha value is -2.41. The summed E-state index contributed by atoms with van der Waals surface area (Å²) in [4.78, 5) is 5.96. The van der Waals surface area contributed by atoms with E-state index in [9.17, 15) is 4.39 Å². The topological polar surface area (TPSA) is 39.9 Å². The van der Waals surface area contributed by atoms with Crippen LogP contribution in [-0.4, -0.2) is 12.0 Å². The molecule has 17 heavy (non-hydrogen) atoms. The maximum atomic E-state index is 12.8. The molecule has 0 atom stereocenters. The molecule has 4 heteroatoms. The first-order valence-corrected chi connectivity index (χ1v) is 5.06. The highest BCUT2D eigenvalue weighted by Gasteiger charge is 2.05. The summed E-state index contributed by atoms with van der Waals surface area (Å²) >= 11 is 0. The predicted octanol–water partition coefficient (Wildman–Crippen LogP) is 2.86. The van der Waals surface area contributed by atoms with Gasteiger partial charge in [0.1, 0.15) is 11.6 Å². The molecule has 84 valence electrons. The number of anilines is 2. The molecule has 0 saturated carbocycles. The summed E-state index contributed by atoms with van der Waals surface area (Å²) in [6.07, 6.45) is 1.58. The number of hydrogen-bond donors (Lipinski definition) is 0.